The molecule has 9 nitrogen and oxygen atoms in total. The molecule has 0 bridgehead atoms. The second kappa shape index (κ2) is 12.7. The average molecular weight is 568 g/mol. The maximum atomic E-state index is 13.7. The Kier molecular flexibility index (Phi) is 8.60. The van der Waals surface area contributed by atoms with Gasteiger partial charge in [-0.1, -0.05) is 25.5 Å². The van der Waals surface area contributed by atoms with E-state index in [-0.39, 0.29) is 46.1 Å². The molecule has 42 heavy (non-hydrogen) atoms. The fourth-order valence-electron chi connectivity index (χ4n) is 5.31. The summed E-state index contributed by atoms with van der Waals surface area (Å²) in [5, 5.41) is 26.2. The van der Waals surface area contributed by atoms with Crippen molar-refractivity contribution in [1.29, 1.82) is 5.26 Å². The van der Waals surface area contributed by atoms with Gasteiger partial charge in [-0.3, -0.25) is 9.59 Å². The Bertz CT molecular complexity index is 1650. The van der Waals surface area contributed by atoms with Gasteiger partial charge in [0.2, 0.25) is 5.91 Å². The number of carbonyl (C=O) groups is 2. The molecule has 10 heteroatoms. The molecule has 0 aliphatic carbocycles. The minimum absolute atomic E-state index is 0.0154. The number of nitriles is 1. The van der Waals surface area contributed by atoms with E-state index in [1.54, 1.807) is 36.4 Å². The third kappa shape index (κ3) is 6.32. The van der Waals surface area contributed by atoms with Crippen LogP contribution < -0.4 is 10.6 Å². The second-order valence-electron chi connectivity index (χ2n) is 10.1. The van der Waals surface area contributed by atoms with E-state index in [2.05, 4.69) is 33.5 Å². The van der Waals surface area contributed by atoms with E-state index < -0.39 is 11.7 Å². The maximum absolute atomic E-state index is 13.7. The normalized spacial score (nSPS) is 15.1. The number of halogens is 1. The van der Waals surface area contributed by atoms with Crippen LogP contribution in [0.25, 0.3) is 22.4 Å². The number of aromatic nitrogens is 1. The van der Waals surface area contributed by atoms with Crippen molar-refractivity contribution in [1.82, 2.24) is 9.88 Å². The number of nitrogens with one attached hydrogen (secondary N) is 2. The molecule has 1 atom stereocenters. The van der Waals surface area contributed by atoms with E-state index in [0.29, 0.717) is 23.2 Å². The molecule has 0 radical (unpaired) electrons. The van der Waals surface area contributed by atoms with Gasteiger partial charge in [-0.2, -0.15) is 5.26 Å². The fraction of sp³-hybridized carbons (Fsp3) is 0.250. The third-order valence-corrected chi connectivity index (χ3v) is 7.38. The number of phenolic OH excluding ortho intramolecular Hbond substituents is 1. The van der Waals surface area contributed by atoms with Crippen molar-refractivity contribution in [2.45, 2.75) is 38.6 Å². The van der Waals surface area contributed by atoms with Crippen LogP contribution in [0.1, 0.15) is 48.7 Å². The minimum Gasteiger partial charge on any atom is -0.507 e. The first-order valence-corrected chi connectivity index (χ1v) is 13.8. The molecule has 1 unspecified atom stereocenters. The number of pyridine rings is 1. The van der Waals surface area contributed by atoms with E-state index >= 15 is 0 Å². The maximum Gasteiger partial charge on any atom is 0.292 e. The number of rotatable bonds is 8. The molecule has 0 saturated carbocycles. The van der Waals surface area contributed by atoms with Gasteiger partial charge in [0, 0.05) is 35.3 Å². The van der Waals surface area contributed by atoms with Crippen LogP contribution in [-0.2, 0) is 4.79 Å². The standard InChI is InChI=1S/C32H30FN5O4/c1-2-38-13-4-3-9-23(38)17-30(40)35-22-8-5-7-20(15-22)25-18-27(24-12-11-21(33)16-28(24)39)36-31(26(25)19-34)37-32(41)29-10-6-14-42-29/h5-8,10-12,14-16,18,23,39H,2-4,9,13,17H2,1H3,(H,35,40)(H,36,37,41). The van der Waals surface area contributed by atoms with Crippen LogP contribution >= 0.6 is 0 Å². The van der Waals surface area contributed by atoms with Crippen LogP contribution in [0, 0.1) is 17.1 Å². The summed E-state index contributed by atoms with van der Waals surface area (Å²) in [5.74, 6) is -1.76. The predicted molar refractivity (Wildman–Crippen MR) is 156 cm³/mol. The summed E-state index contributed by atoms with van der Waals surface area (Å²) >= 11 is 0. The Morgan fingerprint density at radius 2 is 1.98 bits per heavy atom. The van der Waals surface area contributed by atoms with Crippen molar-refractivity contribution in [3.63, 3.8) is 0 Å². The Morgan fingerprint density at radius 1 is 1.12 bits per heavy atom. The smallest absolute Gasteiger partial charge is 0.292 e. The molecule has 1 aliphatic rings. The number of hydrogen-bond donors (Lipinski definition) is 3. The summed E-state index contributed by atoms with van der Waals surface area (Å²) in [6, 6.07) is 17.4. The number of carbonyl (C=O) groups excluding carboxylic acids is 2. The highest BCUT2D eigenvalue weighted by Gasteiger charge is 2.24. The predicted octanol–water partition coefficient (Wildman–Crippen LogP) is 6.18. The van der Waals surface area contributed by atoms with Crippen molar-refractivity contribution < 1.29 is 23.5 Å². The van der Waals surface area contributed by atoms with Crippen LogP contribution in [0.5, 0.6) is 5.75 Å². The van der Waals surface area contributed by atoms with Gasteiger partial charge in [-0.25, -0.2) is 9.37 Å². The van der Waals surface area contributed by atoms with E-state index in [9.17, 15) is 24.3 Å². The number of aromatic hydroxyl groups is 1. The van der Waals surface area contributed by atoms with Gasteiger partial charge in [0.15, 0.2) is 11.6 Å². The zero-order chi connectivity index (χ0) is 29.6. The lowest BCUT2D eigenvalue weighted by molar-refractivity contribution is -0.117. The van der Waals surface area contributed by atoms with Crippen molar-refractivity contribution in [2.24, 2.45) is 0 Å². The fourth-order valence-corrected chi connectivity index (χ4v) is 5.31. The molecule has 2 aromatic carbocycles. The molecular weight excluding hydrogens is 537 g/mol. The summed E-state index contributed by atoms with van der Waals surface area (Å²) in [6.45, 7) is 4.00. The lowest BCUT2D eigenvalue weighted by atomic mass is 9.97. The summed E-state index contributed by atoms with van der Waals surface area (Å²) in [6.07, 6.45) is 4.96. The number of amides is 2. The van der Waals surface area contributed by atoms with Gasteiger partial charge in [0.1, 0.15) is 23.2 Å². The first-order valence-electron chi connectivity index (χ1n) is 13.8. The van der Waals surface area contributed by atoms with E-state index in [4.69, 9.17) is 4.42 Å². The van der Waals surface area contributed by atoms with Crippen molar-refractivity contribution in [3.05, 3.63) is 84.1 Å². The van der Waals surface area contributed by atoms with E-state index in [0.717, 1.165) is 38.4 Å². The molecule has 3 N–H and O–H groups in total. The largest absolute Gasteiger partial charge is 0.507 e. The quantitative estimate of drug-likeness (QED) is 0.232. The lowest BCUT2D eigenvalue weighted by Gasteiger charge is -2.34. The number of hydrogen-bond acceptors (Lipinski definition) is 7. The molecule has 1 aliphatic heterocycles. The number of benzene rings is 2. The number of nitrogens with zero attached hydrogens (tertiary/aromatic N) is 3. The molecule has 214 valence electrons. The molecule has 1 fully saturated rings. The number of piperidine rings is 1. The monoisotopic (exact) mass is 567 g/mol. The summed E-state index contributed by atoms with van der Waals surface area (Å²) in [5.41, 5.74) is 1.96. The van der Waals surface area contributed by atoms with Crippen molar-refractivity contribution in [2.75, 3.05) is 23.7 Å². The molecule has 2 aromatic heterocycles. The van der Waals surface area contributed by atoms with E-state index in [1.807, 2.05) is 0 Å². The Labute approximate surface area is 242 Å². The first kappa shape index (κ1) is 28.5. The molecule has 4 aromatic rings. The minimum atomic E-state index is -0.629. The Hall–Kier alpha value is -5.01. The number of phenols is 1. The Morgan fingerprint density at radius 3 is 2.71 bits per heavy atom. The lowest BCUT2D eigenvalue weighted by Crippen LogP contribution is -2.41. The molecular formula is C32H30FN5O4. The molecule has 2 amide bonds. The van der Waals surface area contributed by atoms with Gasteiger partial charge in [0.05, 0.1) is 12.0 Å². The van der Waals surface area contributed by atoms with Crippen LogP contribution in [0.4, 0.5) is 15.9 Å². The highest BCUT2D eigenvalue weighted by Crippen LogP contribution is 2.36. The van der Waals surface area contributed by atoms with Crippen LogP contribution in [0.2, 0.25) is 0 Å². The second-order valence-corrected chi connectivity index (χ2v) is 10.1. The van der Waals surface area contributed by atoms with Crippen molar-refractivity contribution >= 4 is 23.3 Å². The molecule has 3 heterocycles. The first-order chi connectivity index (χ1) is 20.4. The van der Waals surface area contributed by atoms with Crippen LogP contribution in [0.15, 0.2) is 71.3 Å². The number of likely N-dealkylation sites (tertiary alicyclic amines) is 1. The molecule has 5 rings (SSSR count). The molecule has 0 spiro atoms. The zero-order valence-electron chi connectivity index (χ0n) is 23.1. The van der Waals surface area contributed by atoms with Crippen LogP contribution in [-0.4, -0.2) is 45.9 Å². The third-order valence-electron chi connectivity index (χ3n) is 7.38. The summed E-state index contributed by atoms with van der Waals surface area (Å²) < 4.78 is 18.9. The average Bonchev–Trinajstić information content (AvgIpc) is 3.53. The highest BCUT2D eigenvalue weighted by molar-refractivity contribution is 6.03. The summed E-state index contributed by atoms with van der Waals surface area (Å²) in [4.78, 5) is 32.6. The Balaban J connectivity index is 1.51. The van der Waals surface area contributed by atoms with E-state index in [1.165, 1.54) is 24.5 Å². The van der Waals surface area contributed by atoms with Crippen LogP contribution in [0.3, 0.4) is 0 Å². The van der Waals surface area contributed by atoms with Gasteiger partial charge in [-0.15, -0.1) is 0 Å². The van der Waals surface area contributed by atoms with Gasteiger partial charge in [-0.05, 0) is 74.0 Å². The number of furan rings is 1. The summed E-state index contributed by atoms with van der Waals surface area (Å²) in [7, 11) is 0. The molecule has 1 saturated heterocycles. The van der Waals surface area contributed by atoms with Gasteiger partial charge >= 0.3 is 0 Å². The van der Waals surface area contributed by atoms with Crippen molar-refractivity contribution in [3.8, 4) is 34.2 Å². The SMILES string of the molecule is CCN1CCCCC1CC(=O)Nc1cccc(-c2cc(-c3ccc(F)cc3O)nc(NC(=O)c3ccco3)c2C#N)c1. The topological polar surface area (TPSA) is 131 Å². The van der Waals surface area contributed by atoms with Gasteiger partial charge in [0.25, 0.3) is 5.91 Å². The number of anilines is 2. The highest BCUT2D eigenvalue weighted by atomic mass is 19.1. The van der Waals surface area contributed by atoms with Gasteiger partial charge < -0.3 is 25.1 Å². The zero-order valence-corrected chi connectivity index (χ0v) is 23.1.